The van der Waals surface area contributed by atoms with E-state index < -0.39 is 6.09 Å². The summed E-state index contributed by atoms with van der Waals surface area (Å²) in [6.07, 6.45) is -0.438. The lowest BCUT2D eigenvalue weighted by Crippen LogP contribution is -2.22. The molecule has 1 amide bonds. The Kier molecular flexibility index (Phi) is 3.34. The van der Waals surface area contributed by atoms with Gasteiger partial charge < -0.3 is 15.8 Å². The highest BCUT2D eigenvalue weighted by molar-refractivity contribution is 5.67. The zero-order valence-corrected chi connectivity index (χ0v) is 8.33. The van der Waals surface area contributed by atoms with Gasteiger partial charge in [-0.05, 0) is 24.1 Å². The van der Waals surface area contributed by atoms with E-state index in [9.17, 15) is 4.79 Å². The third-order valence-corrected chi connectivity index (χ3v) is 2.10. The Morgan fingerprint density at radius 1 is 1.57 bits per heavy atom. The van der Waals surface area contributed by atoms with Crippen LogP contribution in [0.1, 0.15) is 11.1 Å². The predicted octanol–water partition coefficient (Wildman–Crippen LogP) is 1.43. The SMILES string of the molecule is COC(=O)NCc1cccc(N)c1C. The number of hydrogen-bond acceptors (Lipinski definition) is 3. The van der Waals surface area contributed by atoms with Gasteiger partial charge in [0, 0.05) is 12.2 Å². The van der Waals surface area contributed by atoms with E-state index in [1.807, 2.05) is 25.1 Å². The summed E-state index contributed by atoms with van der Waals surface area (Å²) in [6, 6.07) is 5.61. The van der Waals surface area contributed by atoms with E-state index in [4.69, 9.17) is 5.73 Å². The summed E-state index contributed by atoms with van der Waals surface area (Å²) in [6.45, 7) is 2.35. The molecule has 0 saturated heterocycles. The Bertz CT molecular complexity index is 337. The number of nitrogens with two attached hydrogens (primary N) is 1. The van der Waals surface area contributed by atoms with Crippen molar-refractivity contribution in [1.82, 2.24) is 5.32 Å². The molecule has 1 aromatic carbocycles. The van der Waals surface area contributed by atoms with Gasteiger partial charge in [-0.15, -0.1) is 0 Å². The van der Waals surface area contributed by atoms with Crippen LogP contribution >= 0.6 is 0 Å². The van der Waals surface area contributed by atoms with Gasteiger partial charge in [0.2, 0.25) is 0 Å². The molecule has 14 heavy (non-hydrogen) atoms. The number of anilines is 1. The molecule has 0 aliphatic carbocycles. The molecular weight excluding hydrogens is 180 g/mol. The predicted molar refractivity (Wildman–Crippen MR) is 54.8 cm³/mol. The van der Waals surface area contributed by atoms with Crippen LogP contribution in [0.5, 0.6) is 0 Å². The minimum atomic E-state index is -0.438. The molecule has 0 unspecified atom stereocenters. The molecular formula is C10H14N2O2. The number of nitrogens with one attached hydrogen (secondary N) is 1. The Labute approximate surface area is 83.1 Å². The standard InChI is InChI=1S/C10H14N2O2/c1-7-8(4-3-5-9(7)11)6-12-10(13)14-2/h3-5H,6,11H2,1-2H3,(H,12,13). The first-order valence-electron chi connectivity index (χ1n) is 4.31. The lowest BCUT2D eigenvalue weighted by molar-refractivity contribution is 0.170. The fourth-order valence-corrected chi connectivity index (χ4v) is 1.13. The number of methoxy groups -OCH3 is 1. The van der Waals surface area contributed by atoms with Crippen molar-refractivity contribution >= 4 is 11.8 Å². The third-order valence-electron chi connectivity index (χ3n) is 2.10. The van der Waals surface area contributed by atoms with E-state index in [2.05, 4.69) is 10.1 Å². The monoisotopic (exact) mass is 194 g/mol. The first-order valence-corrected chi connectivity index (χ1v) is 4.31. The first-order chi connectivity index (χ1) is 6.65. The topological polar surface area (TPSA) is 64.3 Å². The van der Waals surface area contributed by atoms with E-state index in [0.29, 0.717) is 6.54 Å². The van der Waals surface area contributed by atoms with Crippen LogP contribution in [0.2, 0.25) is 0 Å². The van der Waals surface area contributed by atoms with E-state index in [1.54, 1.807) is 0 Å². The van der Waals surface area contributed by atoms with E-state index in [1.165, 1.54) is 7.11 Å². The Balaban J connectivity index is 2.68. The number of nitrogen functional groups attached to an aromatic ring is 1. The van der Waals surface area contributed by atoms with Crippen LogP contribution in [0.15, 0.2) is 18.2 Å². The number of amides is 1. The van der Waals surface area contributed by atoms with Gasteiger partial charge in [0.25, 0.3) is 0 Å². The summed E-state index contributed by atoms with van der Waals surface area (Å²) in [5, 5.41) is 2.60. The fraction of sp³-hybridized carbons (Fsp3) is 0.300. The molecule has 0 spiro atoms. The number of hydrogen-bond donors (Lipinski definition) is 2. The molecule has 0 aliphatic rings. The van der Waals surface area contributed by atoms with Crippen LogP contribution in [0.3, 0.4) is 0 Å². The van der Waals surface area contributed by atoms with Crippen molar-refractivity contribution in [2.75, 3.05) is 12.8 Å². The van der Waals surface area contributed by atoms with Gasteiger partial charge >= 0.3 is 6.09 Å². The van der Waals surface area contributed by atoms with E-state index >= 15 is 0 Å². The fourth-order valence-electron chi connectivity index (χ4n) is 1.13. The number of carbonyl (C=O) groups excluding carboxylic acids is 1. The summed E-state index contributed by atoms with van der Waals surface area (Å²) in [4.78, 5) is 10.8. The highest BCUT2D eigenvalue weighted by atomic mass is 16.5. The summed E-state index contributed by atoms with van der Waals surface area (Å²) >= 11 is 0. The highest BCUT2D eigenvalue weighted by Crippen LogP contribution is 2.14. The van der Waals surface area contributed by atoms with Crippen molar-refractivity contribution in [3.63, 3.8) is 0 Å². The Morgan fingerprint density at radius 2 is 2.29 bits per heavy atom. The zero-order chi connectivity index (χ0) is 10.6. The smallest absolute Gasteiger partial charge is 0.407 e. The largest absolute Gasteiger partial charge is 0.453 e. The molecule has 4 nitrogen and oxygen atoms in total. The van der Waals surface area contributed by atoms with Gasteiger partial charge in [0.05, 0.1) is 7.11 Å². The first kappa shape index (κ1) is 10.4. The summed E-state index contributed by atoms with van der Waals surface area (Å²) < 4.78 is 4.46. The molecule has 4 heteroatoms. The van der Waals surface area contributed by atoms with Crippen molar-refractivity contribution in [2.24, 2.45) is 0 Å². The molecule has 0 fully saturated rings. The molecule has 0 radical (unpaired) electrons. The van der Waals surface area contributed by atoms with Gasteiger partial charge in [0.1, 0.15) is 0 Å². The second-order valence-electron chi connectivity index (χ2n) is 2.98. The minimum Gasteiger partial charge on any atom is -0.453 e. The van der Waals surface area contributed by atoms with Crippen LogP contribution in [-0.4, -0.2) is 13.2 Å². The Hall–Kier alpha value is -1.71. The van der Waals surface area contributed by atoms with Crippen LogP contribution in [0, 0.1) is 6.92 Å². The quantitative estimate of drug-likeness (QED) is 0.700. The van der Waals surface area contributed by atoms with Gasteiger partial charge in [-0.3, -0.25) is 0 Å². The zero-order valence-electron chi connectivity index (χ0n) is 8.33. The maximum atomic E-state index is 10.8. The lowest BCUT2D eigenvalue weighted by Gasteiger charge is -2.08. The van der Waals surface area contributed by atoms with Gasteiger partial charge in [-0.2, -0.15) is 0 Å². The summed E-state index contributed by atoms with van der Waals surface area (Å²) in [5.74, 6) is 0. The van der Waals surface area contributed by atoms with Crippen LogP contribution in [0.4, 0.5) is 10.5 Å². The Morgan fingerprint density at radius 3 is 2.93 bits per heavy atom. The molecule has 3 N–H and O–H groups in total. The molecule has 1 aromatic rings. The van der Waals surface area contributed by atoms with Crippen molar-refractivity contribution in [2.45, 2.75) is 13.5 Å². The van der Waals surface area contributed by atoms with Crippen molar-refractivity contribution < 1.29 is 9.53 Å². The minimum absolute atomic E-state index is 0.434. The third kappa shape index (κ3) is 2.39. The van der Waals surface area contributed by atoms with E-state index in [-0.39, 0.29) is 0 Å². The molecule has 0 bridgehead atoms. The van der Waals surface area contributed by atoms with Gasteiger partial charge in [-0.1, -0.05) is 12.1 Å². The number of benzene rings is 1. The second kappa shape index (κ2) is 4.50. The average Bonchev–Trinajstić information content (AvgIpc) is 2.20. The van der Waals surface area contributed by atoms with Gasteiger partial charge in [-0.25, -0.2) is 4.79 Å². The number of ether oxygens (including phenoxy) is 1. The van der Waals surface area contributed by atoms with Crippen molar-refractivity contribution in [3.05, 3.63) is 29.3 Å². The van der Waals surface area contributed by atoms with Crippen LogP contribution in [0.25, 0.3) is 0 Å². The average molecular weight is 194 g/mol. The number of alkyl carbamates (subject to hydrolysis) is 1. The molecule has 0 heterocycles. The molecule has 0 aliphatic heterocycles. The maximum absolute atomic E-state index is 10.8. The molecule has 1 rings (SSSR count). The van der Waals surface area contributed by atoms with Crippen LogP contribution < -0.4 is 11.1 Å². The normalized spacial score (nSPS) is 9.57. The van der Waals surface area contributed by atoms with E-state index in [0.717, 1.165) is 16.8 Å². The lowest BCUT2D eigenvalue weighted by atomic mass is 10.1. The van der Waals surface area contributed by atoms with Gasteiger partial charge in [0.15, 0.2) is 0 Å². The second-order valence-corrected chi connectivity index (χ2v) is 2.98. The molecule has 0 aromatic heterocycles. The molecule has 0 saturated carbocycles. The highest BCUT2D eigenvalue weighted by Gasteiger charge is 2.03. The number of carbonyl (C=O) groups is 1. The summed E-state index contributed by atoms with van der Waals surface area (Å²) in [7, 11) is 1.33. The maximum Gasteiger partial charge on any atom is 0.407 e. The van der Waals surface area contributed by atoms with Crippen LogP contribution in [-0.2, 0) is 11.3 Å². The van der Waals surface area contributed by atoms with Crippen molar-refractivity contribution in [1.29, 1.82) is 0 Å². The summed E-state index contributed by atoms with van der Waals surface area (Å²) in [5.41, 5.74) is 8.43. The number of rotatable bonds is 2. The molecule has 76 valence electrons. The molecule has 0 atom stereocenters. The van der Waals surface area contributed by atoms with Crippen molar-refractivity contribution in [3.8, 4) is 0 Å².